The first-order valence-electron chi connectivity index (χ1n) is 5.09. The molecule has 1 atom stereocenters. The van der Waals surface area contributed by atoms with Gasteiger partial charge in [-0.2, -0.15) is 0 Å². The second-order valence-corrected chi connectivity index (χ2v) is 4.00. The SMILES string of the molecule is C=C(C)C[C@@H](N)c1ccc(C)c(OC)c1.Cl. The normalized spacial score (nSPS) is 11.5. The summed E-state index contributed by atoms with van der Waals surface area (Å²) in [6.45, 7) is 7.88. The monoisotopic (exact) mass is 241 g/mol. The molecule has 1 rings (SSSR count). The van der Waals surface area contributed by atoms with Gasteiger partial charge in [0.2, 0.25) is 0 Å². The Morgan fingerprint density at radius 2 is 2.12 bits per heavy atom. The van der Waals surface area contributed by atoms with Crippen LogP contribution in [0, 0.1) is 6.92 Å². The van der Waals surface area contributed by atoms with Crippen LogP contribution in [0.3, 0.4) is 0 Å². The largest absolute Gasteiger partial charge is 0.496 e. The molecular formula is C13H20ClNO. The number of halogens is 1. The lowest BCUT2D eigenvalue weighted by atomic mass is 10.00. The van der Waals surface area contributed by atoms with E-state index in [0.29, 0.717) is 0 Å². The third kappa shape index (κ3) is 3.87. The molecule has 2 N–H and O–H groups in total. The number of rotatable bonds is 4. The molecule has 90 valence electrons. The lowest BCUT2D eigenvalue weighted by Gasteiger charge is -2.14. The van der Waals surface area contributed by atoms with Crippen molar-refractivity contribution in [3.63, 3.8) is 0 Å². The van der Waals surface area contributed by atoms with Gasteiger partial charge < -0.3 is 10.5 Å². The van der Waals surface area contributed by atoms with Gasteiger partial charge in [0.15, 0.2) is 0 Å². The van der Waals surface area contributed by atoms with Crippen molar-refractivity contribution in [3.8, 4) is 5.75 Å². The molecule has 0 heterocycles. The maximum Gasteiger partial charge on any atom is 0.122 e. The first-order chi connectivity index (χ1) is 7.04. The molecule has 0 fully saturated rings. The Labute approximate surface area is 104 Å². The average molecular weight is 242 g/mol. The molecule has 0 aliphatic carbocycles. The van der Waals surface area contributed by atoms with E-state index in [1.807, 2.05) is 32.0 Å². The zero-order valence-electron chi connectivity index (χ0n) is 10.1. The van der Waals surface area contributed by atoms with Crippen LogP contribution in [0.1, 0.15) is 30.5 Å². The molecule has 0 aliphatic heterocycles. The van der Waals surface area contributed by atoms with Gasteiger partial charge in [-0.1, -0.05) is 17.7 Å². The Hall–Kier alpha value is -0.990. The molecular weight excluding hydrogens is 222 g/mol. The molecule has 0 aromatic heterocycles. The highest BCUT2D eigenvalue weighted by atomic mass is 35.5. The van der Waals surface area contributed by atoms with E-state index in [4.69, 9.17) is 10.5 Å². The van der Waals surface area contributed by atoms with Crippen LogP contribution < -0.4 is 10.5 Å². The van der Waals surface area contributed by atoms with Gasteiger partial charge in [-0.15, -0.1) is 19.0 Å². The van der Waals surface area contributed by atoms with Gasteiger partial charge in [-0.05, 0) is 37.5 Å². The highest BCUT2D eigenvalue weighted by molar-refractivity contribution is 5.85. The van der Waals surface area contributed by atoms with Crippen molar-refractivity contribution >= 4 is 12.4 Å². The highest BCUT2D eigenvalue weighted by Gasteiger charge is 2.08. The quantitative estimate of drug-likeness (QED) is 0.821. The second kappa shape index (κ2) is 6.56. The van der Waals surface area contributed by atoms with Crippen LogP contribution in [0.4, 0.5) is 0 Å². The summed E-state index contributed by atoms with van der Waals surface area (Å²) < 4.78 is 5.26. The molecule has 1 aromatic rings. The minimum absolute atomic E-state index is 0. The lowest BCUT2D eigenvalue weighted by Crippen LogP contribution is -2.10. The van der Waals surface area contributed by atoms with E-state index in [0.717, 1.165) is 28.9 Å². The number of hydrogen-bond acceptors (Lipinski definition) is 2. The van der Waals surface area contributed by atoms with Crippen molar-refractivity contribution in [1.82, 2.24) is 0 Å². The summed E-state index contributed by atoms with van der Waals surface area (Å²) in [5.74, 6) is 0.893. The predicted octanol–water partition coefficient (Wildman–Crippen LogP) is 3.39. The fourth-order valence-electron chi connectivity index (χ4n) is 1.56. The van der Waals surface area contributed by atoms with Crippen molar-refractivity contribution in [2.45, 2.75) is 26.3 Å². The lowest BCUT2D eigenvalue weighted by molar-refractivity contribution is 0.410. The molecule has 0 saturated heterocycles. The minimum Gasteiger partial charge on any atom is -0.496 e. The maximum absolute atomic E-state index is 6.05. The summed E-state index contributed by atoms with van der Waals surface area (Å²) in [4.78, 5) is 0. The smallest absolute Gasteiger partial charge is 0.122 e. The van der Waals surface area contributed by atoms with Crippen LogP contribution in [0.2, 0.25) is 0 Å². The Balaban J connectivity index is 0.00000225. The fourth-order valence-corrected chi connectivity index (χ4v) is 1.56. The molecule has 0 spiro atoms. The second-order valence-electron chi connectivity index (χ2n) is 4.00. The van der Waals surface area contributed by atoms with Gasteiger partial charge >= 0.3 is 0 Å². The minimum atomic E-state index is 0. The first-order valence-corrected chi connectivity index (χ1v) is 5.09. The summed E-state index contributed by atoms with van der Waals surface area (Å²) in [6, 6.07) is 6.10. The molecule has 0 unspecified atom stereocenters. The van der Waals surface area contributed by atoms with Gasteiger partial charge in [0.1, 0.15) is 5.75 Å². The van der Waals surface area contributed by atoms with E-state index >= 15 is 0 Å². The van der Waals surface area contributed by atoms with Crippen LogP contribution in [-0.4, -0.2) is 7.11 Å². The predicted molar refractivity (Wildman–Crippen MR) is 71.3 cm³/mol. The average Bonchev–Trinajstić information content (AvgIpc) is 2.17. The van der Waals surface area contributed by atoms with Crippen LogP contribution in [0.15, 0.2) is 30.4 Å². The van der Waals surface area contributed by atoms with Crippen molar-refractivity contribution < 1.29 is 4.74 Å². The summed E-state index contributed by atoms with van der Waals surface area (Å²) >= 11 is 0. The number of aryl methyl sites for hydroxylation is 1. The topological polar surface area (TPSA) is 35.2 Å². The van der Waals surface area contributed by atoms with Crippen molar-refractivity contribution in [1.29, 1.82) is 0 Å². The van der Waals surface area contributed by atoms with Crippen LogP contribution in [0.5, 0.6) is 5.75 Å². The van der Waals surface area contributed by atoms with Gasteiger partial charge in [-0.25, -0.2) is 0 Å². The van der Waals surface area contributed by atoms with E-state index in [1.54, 1.807) is 7.11 Å². The maximum atomic E-state index is 6.05. The summed E-state index contributed by atoms with van der Waals surface area (Å²) in [7, 11) is 1.68. The van der Waals surface area contributed by atoms with E-state index in [2.05, 4.69) is 6.58 Å². The van der Waals surface area contributed by atoms with E-state index in [1.165, 1.54) is 0 Å². The number of nitrogens with two attached hydrogens (primary N) is 1. The van der Waals surface area contributed by atoms with Crippen LogP contribution >= 0.6 is 12.4 Å². The Bertz CT molecular complexity index is 363. The molecule has 0 amide bonds. The highest BCUT2D eigenvalue weighted by Crippen LogP contribution is 2.24. The van der Waals surface area contributed by atoms with Crippen LogP contribution in [0.25, 0.3) is 0 Å². The molecule has 0 aliphatic rings. The Morgan fingerprint density at radius 1 is 1.50 bits per heavy atom. The third-order valence-corrected chi connectivity index (χ3v) is 2.43. The van der Waals surface area contributed by atoms with Crippen molar-refractivity contribution in [2.24, 2.45) is 5.73 Å². The number of methoxy groups -OCH3 is 1. The standard InChI is InChI=1S/C13H19NO.ClH/c1-9(2)7-12(14)11-6-5-10(3)13(8-11)15-4;/h5-6,8,12H,1,7,14H2,2-4H3;1H/t12-;/m1./s1. The zero-order chi connectivity index (χ0) is 11.4. The third-order valence-electron chi connectivity index (χ3n) is 2.43. The molecule has 16 heavy (non-hydrogen) atoms. The van der Waals surface area contributed by atoms with Crippen molar-refractivity contribution in [3.05, 3.63) is 41.5 Å². The number of benzene rings is 1. The number of hydrogen-bond donors (Lipinski definition) is 1. The molecule has 0 saturated carbocycles. The van der Waals surface area contributed by atoms with Gasteiger partial charge in [-0.3, -0.25) is 0 Å². The molecule has 2 nitrogen and oxygen atoms in total. The number of ether oxygens (including phenoxy) is 1. The van der Waals surface area contributed by atoms with E-state index in [-0.39, 0.29) is 18.4 Å². The Kier molecular flexibility index (Phi) is 6.16. The molecule has 0 bridgehead atoms. The van der Waals surface area contributed by atoms with Crippen molar-refractivity contribution in [2.75, 3.05) is 7.11 Å². The van der Waals surface area contributed by atoms with Gasteiger partial charge in [0, 0.05) is 6.04 Å². The summed E-state index contributed by atoms with van der Waals surface area (Å²) in [5.41, 5.74) is 9.38. The summed E-state index contributed by atoms with van der Waals surface area (Å²) in [6.07, 6.45) is 0.812. The zero-order valence-corrected chi connectivity index (χ0v) is 10.9. The van der Waals surface area contributed by atoms with E-state index < -0.39 is 0 Å². The first kappa shape index (κ1) is 15.0. The van der Waals surface area contributed by atoms with Gasteiger partial charge in [0.05, 0.1) is 7.11 Å². The van der Waals surface area contributed by atoms with Crippen LogP contribution in [-0.2, 0) is 0 Å². The molecule has 1 aromatic carbocycles. The Morgan fingerprint density at radius 3 is 2.62 bits per heavy atom. The molecule has 0 radical (unpaired) electrons. The molecule has 3 heteroatoms. The summed E-state index contributed by atoms with van der Waals surface area (Å²) in [5, 5.41) is 0. The van der Waals surface area contributed by atoms with Gasteiger partial charge in [0.25, 0.3) is 0 Å². The van der Waals surface area contributed by atoms with E-state index in [9.17, 15) is 0 Å². The fraction of sp³-hybridized carbons (Fsp3) is 0.385.